The molecule has 5 rings (SSSR count). The Bertz CT molecular complexity index is 1550. The van der Waals surface area contributed by atoms with Crippen LogP contribution in [0.2, 0.25) is 0 Å². The lowest BCUT2D eigenvalue weighted by molar-refractivity contribution is -0.137. The maximum atomic E-state index is 14.2. The fourth-order valence-corrected chi connectivity index (χ4v) is 4.68. The van der Waals surface area contributed by atoms with Gasteiger partial charge in [-0.05, 0) is 79.0 Å². The number of carbonyl (C=O) groups is 1. The van der Waals surface area contributed by atoms with E-state index in [9.17, 15) is 22.4 Å². The Balaban J connectivity index is 1.28. The molecular formula is C30H29F4N5O2. The van der Waals surface area contributed by atoms with Crippen LogP contribution in [0, 0.1) is 12.7 Å². The number of amides is 1. The molecule has 7 nitrogen and oxygen atoms in total. The molecule has 0 spiro atoms. The molecule has 41 heavy (non-hydrogen) atoms. The van der Waals surface area contributed by atoms with Crippen LogP contribution in [-0.4, -0.2) is 60.2 Å². The van der Waals surface area contributed by atoms with Gasteiger partial charge < -0.3 is 15.4 Å². The first-order chi connectivity index (χ1) is 19.7. The number of hydrogen-bond acceptors (Lipinski definition) is 6. The van der Waals surface area contributed by atoms with Crippen LogP contribution in [-0.2, 0) is 10.9 Å². The van der Waals surface area contributed by atoms with Crippen molar-refractivity contribution in [3.8, 4) is 11.1 Å². The lowest BCUT2D eigenvalue weighted by atomic mass is 9.97. The smallest absolute Gasteiger partial charge is 0.379 e. The topological polar surface area (TPSA) is 79.4 Å². The predicted molar refractivity (Wildman–Crippen MR) is 149 cm³/mol. The van der Waals surface area contributed by atoms with E-state index in [2.05, 4.69) is 25.5 Å². The molecule has 1 amide bonds. The highest BCUT2D eigenvalue weighted by molar-refractivity contribution is 6.05. The minimum atomic E-state index is -4.66. The molecule has 3 aromatic carbocycles. The van der Waals surface area contributed by atoms with Crippen LogP contribution in [0.1, 0.15) is 27.9 Å². The molecule has 1 fully saturated rings. The number of nitrogens with zero attached hydrogens (tertiary/aromatic N) is 3. The molecule has 0 radical (unpaired) electrons. The van der Waals surface area contributed by atoms with Gasteiger partial charge in [0.15, 0.2) is 0 Å². The first-order valence-corrected chi connectivity index (χ1v) is 13.3. The van der Waals surface area contributed by atoms with Gasteiger partial charge in [0.05, 0.1) is 30.0 Å². The molecule has 2 heterocycles. The Morgan fingerprint density at radius 1 is 1.05 bits per heavy atom. The van der Waals surface area contributed by atoms with Gasteiger partial charge in [-0.1, -0.05) is 12.1 Å². The highest BCUT2D eigenvalue weighted by atomic mass is 19.4. The lowest BCUT2D eigenvalue weighted by Gasteiger charge is -2.26. The number of carbonyl (C=O) groups excluding carboxylic acids is 1. The molecule has 0 bridgehead atoms. The van der Waals surface area contributed by atoms with E-state index in [-0.39, 0.29) is 5.56 Å². The summed E-state index contributed by atoms with van der Waals surface area (Å²) in [5.74, 6) is -1.14. The standard InChI is InChI=1S/C30H29F4N5O2/c1-19-3-4-21(28(40)37-27-17-23(30(32,33)34)6-7-25(27)31)16-24(19)20-5-8-26-22(15-20)18-36-29(38-26)35-9-2-10-39-11-13-41-14-12-39/h3-8,15-18H,2,9-14H2,1H3,(H,37,40)(H,35,36,38). The van der Waals surface area contributed by atoms with E-state index in [0.717, 1.165) is 73.4 Å². The SMILES string of the molecule is Cc1ccc(C(=O)Nc2cc(C(F)(F)F)ccc2F)cc1-c1ccc2nc(NCCCN3CCOCC3)ncc2c1. The van der Waals surface area contributed by atoms with Crippen molar-refractivity contribution in [1.82, 2.24) is 14.9 Å². The zero-order chi connectivity index (χ0) is 29.0. The summed E-state index contributed by atoms with van der Waals surface area (Å²) >= 11 is 0. The van der Waals surface area contributed by atoms with Crippen molar-refractivity contribution >= 4 is 28.4 Å². The molecule has 1 aliphatic rings. The number of rotatable bonds is 8. The first kappa shape index (κ1) is 28.4. The van der Waals surface area contributed by atoms with Crippen LogP contribution in [0.5, 0.6) is 0 Å². The summed E-state index contributed by atoms with van der Waals surface area (Å²) in [6, 6.07) is 12.5. The molecule has 1 saturated heterocycles. The van der Waals surface area contributed by atoms with Crippen molar-refractivity contribution in [2.45, 2.75) is 19.5 Å². The minimum Gasteiger partial charge on any atom is -0.379 e. The van der Waals surface area contributed by atoms with Gasteiger partial charge in [-0.15, -0.1) is 0 Å². The third-order valence-corrected chi connectivity index (χ3v) is 6.97. The number of anilines is 2. The number of fused-ring (bicyclic) bond motifs is 1. The second-order valence-corrected chi connectivity index (χ2v) is 9.88. The van der Waals surface area contributed by atoms with Gasteiger partial charge in [0, 0.05) is 36.8 Å². The number of morpholine rings is 1. The number of aromatic nitrogens is 2. The Hall–Kier alpha value is -4.09. The first-order valence-electron chi connectivity index (χ1n) is 13.3. The fourth-order valence-electron chi connectivity index (χ4n) is 4.68. The second-order valence-electron chi connectivity index (χ2n) is 9.88. The van der Waals surface area contributed by atoms with Crippen LogP contribution >= 0.6 is 0 Å². The monoisotopic (exact) mass is 567 g/mol. The summed E-state index contributed by atoms with van der Waals surface area (Å²) in [5, 5.41) is 6.34. The molecule has 4 aromatic rings. The largest absolute Gasteiger partial charge is 0.416 e. The summed E-state index contributed by atoms with van der Waals surface area (Å²) in [6.45, 7) is 7.08. The van der Waals surface area contributed by atoms with Crippen molar-refractivity contribution in [2.24, 2.45) is 0 Å². The minimum absolute atomic E-state index is 0.176. The summed E-state index contributed by atoms with van der Waals surface area (Å²) in [4.78, 5) is 24.3. The van der Waals surface area contributed by atoms with Gasteiger partial charge in [0.2, 0.25) is 5.95 Å². The fraction of sp³-hybridized carbons (Fsp3) is 0.300. The van der Waals surface area contributed by atoms with E-state index in [0.29, 0.717) is 24.1 Å². The summed E-state index contributed by atoms with van der Waals surface area (Å²) < 4.78 is 58.7. The number of benzene rings is 3. The normalized spacial score (nSPS) is 14.3. The van der Waals surface area contributed by atoms with Crippen molar-refractivity contribution < 1.29 is 27.1 Å². The highest BCUT2D eigenvalue weighted by Crippen LogP contribution is 2.32. The lowest BCUT2D eigenvalue weighted by Crippen LogP contribution is -2.37. The average molecular weight is 568 g/mol. The zero-order valence-corrected chi connectivity index (χ0v) is 22.4. The number of ether oxygens (including phenoxy) is 1. The van der Waals surface area contributed by atoms with Gasteiger partial charge in [-0.2, -0.15) is 13.2 Å². The molecule has 2 N–H and O–H groups in total. The molecule has 11 heteroatoms. The van der Waals surface area contributed by atoms with E-state index >= 15 is 0 Å². The number of aryl methyl sites for hydroxylation is 1. The summed E-state index contributed by atoms with van der Waals surface area (Å²) in [7, 11) is 0. The zero-order valence-electron chi connectivity index (χ0n) is 22.4. The second kappa shape index (κ2) is 12.2. The van der Waals surface area contributed by atoms with E-state index in [1.165, 1.54) is 0 Å². The highest BCUT2D eigenvalue weighted by Gasteiger charge is 2.31. The molecular weight excluding hydrogens is 538 g/mol. The van der Waals surface area contributed by atoms with E-state index in [1.54, 1.807) is 24.4 Å². The molecule has 214 valence electrons. The maximum absolute atomic E-state index is 14.2. The predicted octanol–water partition coefficient (Wildman–Crippen LogP) is 6.15. The summed E-state index contributed by atoms with van der Waals surface area (Å²) in [6.07, 6.45) is -1.97. The Kier molecular flexibility index (Phi) is 8.46. The van der Waals surface area contributed by atoms with Crippen molar-refractivity contribution in [2.75, 3.05) is 50.0 Å². The molecule has 0 unspecified atom stereocenters. The van der Waals surface area contributed by atoms with Crippen LogP contribution in [0.25, 0.3) is 22.0 Å². The molecule has 0 atom stereocenters. The Morgan fingerprint density at radius 2 is 1.85 bits per heavy atom. The van der Waals surface area contributed by atoms with E-state index in [4.69, 9.17) is 4.74 Å². The van der Waals surface area contributed by atoms with Gasteiger partial charge in [-0.3, -0.25) is 9.69 Å². The average Bonchev–Trinajstić information content (AvgIpc) is 2.96. The molecule has 1 aromatic heterocycles. The summed E-state index contributed by atoms with van der Waals surface area (Å²) in [5.41, 5.74) is 1.77. The van der Waals surface area contributed by atoms with Gasteiger partial charge in [-0.25, -0.2) is 14.4 Å². The van der Waals surface area contributed by atoms with Crippen molar-refractivity contribution in [3.63, 3.8) is 0 Å². The number of alkyl halides is 3. The Morgan fingerprint density at radius 3 is 2.63 bits per heavy atom. The van der Waals surface area contributed by atoms with Crippen LogP contribution in [0.3, 0.4) is 0 Å². The Labute approximate surface area is 234 Å². The van der Waals surface area contributed by atoms with E-state index in [1.807, 2.05) is 25.1 Å². The van der Waals surface area contributed by atoms with Gasteiger partial charge >= 0.3 is 6.18 Å². The number of hydrogen-bond donors (Lipinski definition) is 2. The molecule has 1 aliphatic heterocycles. The van der Waals surface area contributed by atoms with Crippen LogP contribution < -0.4 is 10.6 Å². The molecule has 0 saturated carbocycles. The van der Waals surface area contributed by atoms with Gasteiger partial charge in [0.25, 0.3) is 5.91 Å². The maximum Gasteiger partial charge on any atom is 0.416 e. The van der Waals surface area contributed by atoms with E-state index < -0.39 is 29.2 Å². The van der Waals surface area contributed by atoms with Crippen molar-refractivity contribution in [1.29, 1.82) is 0 Å². The molecule has 0 aliphatic carbocycles. The third-order valence-electron chi connectivity index (χ3n) is 6.97. The van der Waals surface area contributed by atoms with Gasteiger partial charge in [0.1, 0.15) is 5.82 Å². The van der Waals surface area contributed by atoms with Crippen molar-refractivity contribution in [3.05, 3.63) is 83.3 Å². The number of halogens is 4. The van der Waals surface area contributed by atoms with Crippen LogP contribution in [0.15, 0.2) is 60.8 Å². The number of nitrogens with one attached hydrogen (secondary N) is 2. The quantitative estimate of drug-likeness (QED) is 0.197. The van der Waals surface area contributed by atoms with Crippen LogP contribution in [0.4, 0.5) is 29.2 Å². The third kappa shape index (κ3) is 6.98.